The minimum Gasteiger partial charge on any atom is -0.339 e. The molecule has 4 nitrogen and oxygen atoms in total. The maximum Gasteiger partial charge on any atom is 0.242 e. The van der Waals surface area contributed by atoms with E-state index < -0.39 is 0 Å². The van der Waals surface area contributed by atoms with E-state index in [1.165, 1.54) is 12.8 Å². The number of hydrogen-bond acceptors (Lipinski definition) is 3. The van der Waals surface area contributed by atoms with Gasteiger partial charge in [-0.1, -0.05) is 0 Å². The molecule has 2 fully saturated rings. The molecule has 20 heavy (non-hydrogen) atoms. The van der Waals surface area contributed by atoms with Crippen LogP contribution in [-0.4, -0.2) is 60.0 Å². The fourth-order valence-electron chi connectivity index (χ4n) is 3.03. The van der Waals surface area contributed by atoms with Crippen LogP contribution in [0.2, 0.25) is 0 Å². The SMILES string of the molecule is CC(C)N1CCN(C(=O)C2(C)CCCCN2)CC1.Cl.Cl. The van der Waals surface area contributed by atoms with E-state index in [0.717, 1.165) is 39.1 Å². The fraction of sp³-hybridized carbons (Fsp3) is 0.929. The van der Waals surface area contributed by atoms with Gasteiger partial charge in [0.1, 0.15) is 0 Å². The quantitative estimate of drug-likeness (QED) is 0.842. The summed E-state index contributed by atoms with van der Waals surface area (Å²) in [6, 6.07) is 0.589. The maximum absolute atomic E-state index is 12.6. The molecule has 0 aliphatic carbocycles. The predicted octanol–water partition coefficient (Wildman–Crippen LogP) is 1.91. The zero-order valence-electron chi connectivity index (χ0n) is 12.9. The number of carbonyl (C=O) groups is 1. The average Bonchev–Trinajstić information content (AvgIpc) is 2.39. The Labute approximate surface area is 135 Å². The van der Waals surface area contributed by atoms with Gasteiger partial charge < -0.3 is 10.2 Å². The van der Waals surface area contributed by atoms with E-state index in [1.54, 1.807) is 0 Å². The Morgan fingerprint density at radius 2 is 1.70 bits per heavy atom. The molecule has 1 unspecified atom stereocenters. The molecule has 120 valence electrons. The van der Waals surface area contributed by atoms with Gasteiger partial charge in [-0.2, -0.15) is 0 Å². The first-order valence-corrected chi connectivity index (χ1v) is 7.31. The first-order chi connectivity index (χ1) is 8.53. The molecule has 1 N–H and O–H groups in total. The van der Waals surface area contributed by atoms with Crippen molar-refractivity contribution in [3.63, 3.8) is 0 Å². The van der Waals surface area contributed by atoms with Crippen LogP contribution in [0.25, 0.3) is 0 Å². The summed E-state index contributed by atoms with van der Waals surface area (Å²) in [6.45, 7) is 11.3. The number of piperidine rings is 1. The lowest BCUT2D eigenvalue weighted by molar-refractivity contribution is -0.140. The van der Waals surface area contributed by atoms with Crippen molar-refractivity contribution in [1.82, 2.24) is 15.1 Å². The summed E-state index contributed by atoms with van der Waals surface area (Å²) in [5.41, 5.74) is -0.307. The molecule has 0 saturated carbocycles. The molecular weight excluding hydrogens is 297 g/mol. The van der Waals surface area contributed by atoms with Crippen molar-refractivity contribution in [3.8, 4) is 0 Å². The molecule has 0 aromatic carbocycles. The van der Waals surface area contributed by atoms with Crippen LogP contribution in [0.5, 0.6) is 0 Å². The summed E-state index contributed by atoms with van der Waals surface area (Å²) in [5.74, 6) is 0.311. The second-order valence-electron chi connectivity index (χ2n) is 6.14. The van der Waals surface area contributed by atoms with E-state index >= 15 is 0 Å². The molecule has 0 bridgehead atoms. The highest BCUT2D eigenvalue weighted by molar-refractivity contribution is 5.86. The van der Waals surface area contributed by atoms with Crippen molar-refractivity contribution >= 4 is 30.7 Å². The second kappa shape index (κ2) is 8.42. The molecule has 0 radical (unpaired) electrons. The number of piperazine rings is 1. The number of nitrogens with one attached hydrogen (secondary N) is 1. The number of nitrogens with zero attached hydrogens (tertiary/aromatic N) is 2. The van der Waals surface area contributed by atoms with Gasteiger partial charge in [-0.25, -0.2) is 0 Å². The summed E-state index contributed by atoms with van der Waals surface area (Å²) in [6.07, 6.45) is 3.35. The topological polar surface area (TPSA) is 35.6 Å². The second-order valence-corrected chi connectivity index (χ2v) is 6.14. The van der Waals surface area contributed by atoms with E-state index in [2.05, 4.69) is 35.9 Å². The van der Waals surface area contributed by atoms with Crippen molar-refractivity contribution in [2.45, 2.75) is 51.6 Å². The van der Waals surface area contributed by atoms with E-state index in [0.29, 0.717) is 11.9 Å². The monoisotopic (exact) mass is 325 g/mol. The van der Waals surface area contributed by atoms with Crippen LogP contribution in [0.4, 0.5) is 0 Å². The molecule has 2 rings (SSSR count). The van der Waals surface area contributed by atoms with Crippen LogP contribution in [-0.2, 0) is 4.79 Å². The van der Waals surface area contributed by atoms with Crippen LogP contribution < -0.4 is 5.32 Å². The zero-order chi connectivity index (χ0) is 13.2. The molecule has 6 heteroatoms. The Morgan fingerprint density at radius 3 is 2.15 bits per heavy atom. The maximum atomic E-state index is 12.6. The molecular formula is C14H29Cl2N3O. The first-order valence-electron chi connectivity index (χ1n) is 7.31. The van der Waals surface area contributed by atoms with Gasteiger partial charge in [0.15, 0.2) is 0 Å². The van der Waals surface area contributed by atoms with Gasteiger partial charge in [0.2, 0.25) is 5.91 Å². The van der Waals surface area contributed by atoms with Gasteiger partial charge in [-0.3, -0.25) is 9.69 Å². The highest BCUT2D eigenvalue weighted by Gasteiger charge is 2.38. The molecule has 0 spiro atoms. The van der Waals surface area contributed by atoms with Crippen LogP contribution in [0.15, 0.2) is 0 Å². The molecule has 2 aliphatic rings. The van der Waals surface area contributed by atoms with Crippen LogP contribution in [0, 0.1) is 0 Å². The summed E-state index contributed by atoms with van der Waals surface area (Å²) in [5, 5.41) is 3.42. The third-order valence-electron chi connectivity index (χ3n) is 4.42. The molecule has 2 saturated heterocycles. The van der Waals surface area contributed by atoms with Gasteiger partial charge in [0.05, 0.1) is 5.54 Å². The number of carbonyl (C=O) groups excluding carboxylic acids is 1. The van der Waals surface area contributed by atoms with Gasteiger partial charge >= 0.3 is 0 Å². The summed E-state index contributed by atoms with van der Waals surface area (Å²) in [7, 11) is 0. The normalized spacial score (nSPS) is 27.7. The lowest BCUT2D eigenvalue weighted by Crippen LogP contribution is -2.61. The van der Waals surface area contributed by atoms with Crippen LogP contribution in [0.1, 0.15) is 40.0 Å². The number of rotatable bonds is 2. The third kappa shape index (κ3) is 4.48. The summed E-state index contributed by atoms with van der Waals surface area (Å²) in [4.78, 5) is 17.1. The number of hydrogen-bond donors (Lipinski definition) is 1. The highest BCUT2D eigenvalue weighted by atomic mass is 35.5. The average molecular weight is 326 g/mol. The standard InChI is InChI=1S/C14H27N3O.2ClH/c1-12(2)16-8-10-17(11-9-16)13(18)14(3)6-4-5-7-15-14;;/h12,15H,4-11H2,1-3H3;2*1H. The Bertz CT molecular complexity index is 299. The minimum atomic E-state index is -0.307. The van der Waals surface area contributed by atoms with Crippen LogP contribution >= 0.6 is 24.8 Å². The largest absolute Gasteiger partial charge is 0.339 e. The smallest absolute Gasteiger partial charge is 0.242 e. The summed E-state index contributed by atoms with van der Waals surface area (Å²) < 4.78 is 0. The van der Waals surface area contributed by atoms with E-state index in [4.69, 9.17) is 0 Å². The van der Waals surface area contributed by atoms with Crippen LogP contribution in [0.3, 0.4) is 0 Å². The lowest BCUT2D eigenvalue weighted by Gasteiger charge is -2.42. The Balaban J connectivity index is 0.00000180. The van der Waals surface area contributed by atoms with Crippen molar-refractivity contribution in [2.24, 2.45) is 0 Å². The Kier molecular flexibility index (Phi) is 8.41. The number of halogens is 2. The predicted molar refractivity (Wildman–Crippen MR) is 88.0 cm³/mol. The highest BCUT2D eigenvalue weighted by Crippen LogP contribution is 2.22. The Hall–Kier alpha value is -0.0300. The Morgan fingerprint density at radius 1 is 1.10 bits per heavy atom. The zero-order valence-corrected chi connectivity index (χ0v) is 14.5. The van der Waals surface area contributed by atoms with Crippen molar-refractivity contribution in [3.05, 3.63) is 0 Å². The van der Waals surface area contributed by atoms with E-state index in [9.17, 15) is 4.79 Å². The minimum absolute atomic E-state index is 0. The van der Waals surface area contributed by atoms with Gasteiger partial charge in [-0.15, -0.1) is 24.8 Å². The van der Waals surface area contributed by atoms with E-state index in [-0.39, 0.29) is 30.4 Å². The fourth-order valence-corrected chi connectivity index (χ4v) is 3.03. The number of amides is 1. The van der Waals surface area contributed by atoms with Gasteiger partial charge in [0, 0.05) is 32.2 Å². The van der Waals surface area contributed by atoms with Gasteiger partial charge in [0.25, 0.3) is 0 Å². The molecule has 2 heterocycles. The first kappa shape index (κ1) is 20.0. The lowest BCUT2D eigenvalue weighted by atomic mass is 9.89. The summed E-state index contributed by atoms with van der Waals surface area (Å²) >= 11 is 0. The molecule has 1 atom stereocenters. The van der Waals surface area contributed by atoms with Crippen molar-refractivity contribution < 1.29 is 4.79 Å². The molecule has 2 aliphatic heterocycles. The third-order valence-corrected chi connectivity index (χ3v) is 4.42. The molecule has 0 aromatic rings. The van der Waals surface area contributed by atoms with Gasteiger partial charge in [-0.05, 0) is 46.6 Å². The van der Waals surface area contributed by atoms with Crippen molar-refractivity contribution in [1.29, 1.82) is 0 Å². The van der Waals surface area contributed by atoms with Crippen molar-refractivity contribution in [2.75, 3.05) is 32.7 Å². The molecule has 1 amide bonds. The van der Waals surface area contributed by atoms with E-state index in [1.807, 2.05) is 0 Å². The molecule has 0 aromatic heterocycles.